The zero-order chi connectivity index (χ0) is 17.6. The number of nitro groups is 1. The third-order valence-electron chi connectivity index (χ3n) is 4.52. The highest BCUT2D eigenvalue weighted by molar-refractivity contribution is 7.93. The minimum absolute atomic E-state index is 0.141. The standard InChI is InChI=1S/C14H18FN3O4S/c1-4-14(3)12(16)17-13(2,8-23(14,21)22)10-7-9(18(19)20)5-6-11(10)15/h5-7H,4,8H2,1-3H3,(H2,16,17)/t13-,14-/m0/s1. The molecule has 0 amide bonds. The van der Waals surface area contributed by atoms with Crippen molar-refractivity contribution in [3.63, 3.8) is 0 Å². The molecule has 7 nitrogen and oxygen atoms in total. The molecule has 0 spiro atoms. The van der Waals surface area contributed by atoms with Gasteiger partial charge < -0.3 is 5.32 Å². The Balaban J connectivity index is 2.59. The van der Waals surface area contributed by atoms with E-state index in [1.165, 1.54) is 13.8 Å². The summed E-state index contributed by atoms with van der Waals surface area (Å²) in [5.74, 6) is -1.45. The van der Waals surface area contributed by atoms with Crippen molar-refractivity contribution < 1.29 is 17.7 Å². The molecule has 2 atom stereocenters. The van der Waals surface area contributed by atoms with Crippen molar-refractivity contribution in [3.05, 3.63) is 39.7 Å². The largest absolute Gasteiger partial charge is 0.362 e. The van der Waals surface area contributed by atoms with Gasteiger partial charge in [-0.3, -0.25) is 15.5 Å². The molecule has 1 aliphatic rings. The Hall–Kier alpha value is -2.03. The van der Waals surface area contributed by atoms with E-state index in [0.29, 0.717) is 0 Å². The van der Waals surface area contributed by atoms with Crippen molar-refractivity contribution in [1.82, 2.24) is 5.32 Å². The lowest BCUT2D eigenvalue weighted by molar-refractivity contribution is -0.385. The van der Waals surface area contributed by atoms with Crippen molar-refractivity contribution in [2.45, 2.75) is 37.5 Å². The molecule has 0 unspecified atom stereocenters. The summed E-state index contributed by atoms with van der Waals surface area (Å²) in [6.07, 6.45) is 0.203. The summed E-state index contributed by atoms with van der Waals surface area (Å²) in [6, 6.07) is 2.96. The van der Waals surface area contributed by atoms with E-state index in [9.17, 15) is 22.9 Å². The number of sulfone groups is 1. The number of rotatable bonds is 3. The van der Waals surface area contributed by atoms with Gasteiger partial charge in [0.25, 0.3) is 5.69 Å². The molecule has 0 aliphatic carbocycles. The molecule has 0 saturated carbocycles. The summed E-state index contributed by atoms with van der Waals surface area (Å²) in [5.41, 5.74) is -1.92. The van der Waals surface area contributed by atoms with Crippen LogP contribution in [0.15, 0.2) is 18.2 Å². The van der Waals surface area contributed by atoms with Crippen LogP contribution in [0.2, 0.25) is 0 Å². The smallest absolute Gasteiger partial charge is 0.269 e. The average Bonchev–Trinajstić information content (AvgIpc) is 2.44. The SMILES string of the molecule is CC[C@@]1(C)C(=N)N[C@](C)(c2cc([N+](=O)[O-])ccc2F)CS1(=O)=O. The fourth-order valence-electron chi connectivity index (χ4n) is 2.73. The quantitative estimate of drug-likeness (QED) is 0.644. The molecule has 0 radical (unpaired) electrons. The van der Waals surface area contributed by atoms with Crippen LogP contribution in [-0.4, -0.2) is 29.7 Å². The zero-order valence-electron chi connectivity index (χ0n) is 13.0. The lowest BCUT2D eigenvalue weighted by atomic mass is 9.91. The van der Waals surface area contributed by atoms with E-state index < -0.39 is 36.6 Å². The van der Waals surface area contributed by atoms with Gasteiger partial charge in [0, 0.05) is 17.7 Å². The summed E-state index contributed by atoms with van der Waals surface area (Å²) in [7, 11) is -3.75. The monoisotopic (exact) mass is 343 g/mol. The number of hydrogen-bond acceptors (Lipinski definition) is 5. The first-order valence-corrected chi connectivity index (χ1v) is 8.66. The first kappa shape index (κ1) is 17.3. The third-order valence-corrected chi connectivity index (χ3v) is 7.35. The van der Waals surface area contributed by atoms with Crippen LogP contribution in [0.5, 0.6) is 0 Å². The zero-order valence-corrected chi connectivity index (χ0v) is 13.8. The van der Waals surface area contributed by atoms with Crippen molar-refractivity contribution in [2.24, 2.45) is 0 Å². The molecule has 1 heterocycles. The van der Waals surface area contributed by atoms with Crippen molar-refractivity contribution in [1.29, 1.82) is 5.41 Å². The van der Waals surface area contributed by atoms with E-state index in [1.807, 2.05) is 0 Å². The highest BCUT2D eigenvalue weighted by Crippen LogP contribution is 2.37. The molecule has 1 aromatic carbocycles. The van der Waals surface area contributed by atoms with Gasteiger partial charge in [-0.05, 0) is 26.3 Å². The first-order valence-electron chi connectivity index (χ1n) is 7.01. The molecule has 2 N–H and O–H groups in total. The van der Waals surface area contributed by atoms with Gasteiger partial charge in [-0.25, -0.2) is 12.8 Å². The molecule has 0 bridgehead atoms. The summed E-state index contributed by atoms with van der Waals surface area (Å²) in [4.78, 5) is 10.2. The van der Waals surface area contributed by atoms with Gasteiger partial charge in [-0.2, -0.15) is 0 Å². The maximum Gasteiger partial charge on any atom is 0.269 e. The number of nitro benzene ring substituents is 1. The Morgan fingerprint density at radius 1 is 1.43 bits per heavy atom. The second-order valence-corrected chi connectivity index (χ2v) is 8.52. The van der Waals surface area contributed by atoms with Crippen LogP contribution in [0.3, 0.4) is 0 Å². The maximum absolute atomic E-state index is 14.2. The highest BCUT2D eigenvalue weighted by Gasteiger charge is 2.53. The molecule has 1 aliphatic heterocycles. The van der Waals surface area contributed by atoms with Crippen LogP contribution in [0, 0.1) is 21.3 Å². The normalized spacial score (nSPS) is 29.8. The van der Waals surface area contributed by atoms with E-state index in [1.54, 1.807) is 6.92 Å². The van der Waals surface area contributed by atoms with Crippen molar-refractivity contribution in [3.8, 4) is 0 Å². The second kappa shape index (κ2) is 5.26. The number of halogens is 1. The van der Waals surface area contributed by atoms with Crippen LogP contribution in [0.4, 0.5) is 10.1 Å². The number of hydrogen-bond donors (Lipinski definition) is 2. The van der Waals surface area contributed by atoms with Gasteiger partial charge in [0.2, 0.25) is 0 Å². The van der Waals surface area contributed by atoms with Crippen LogP contribution in [-0.2, 0) is 15.4 Å². The Kier molecular flexibility index (Phi) is 3.96. The van der Waals surface area contributed by atoms with Gasteiger partial charge >= 0.3 is 0 Å². The number of non-ortho nitro benzene ring substituents is 1. The highest BCUT2D eigenvalue weighted by atomic mass is 32.2. The predicted molar refractivity (Wildman–Crippen MR) is 83.8 cm³/mol. The molecular weight excluding hydrogens is 325 g/mol. The van der Waals surface area contributed by atoms with Crippen LogP contribution >= 0.6 is 0 Å². The van der Waals surface area contributed by atoms with E-state index in [2.05, 4.69) is 5.32 Å². The van der Waals surface area contributed by atoms with Crippen LogP contribution in [0.1, 0.15) is 32.8 Å². The Bertz CT molecular complexity index is 795. The van der Waals surface area contributed by atoms with Crippen LogP contribution in [0.25, 0.3) is 0 Å². The molecule has 0 aromatic heterocycles. The summed E-state index contributed by atoms with van der Waals surface area (Å²) in [6.45, 7) is 4.53. The molecule has 1 saturated heterocycles. The predicted octanol–water partition coefficient (Wildman–Crippen LogP) is 2.11. The lowest BCUT2D eigenvalue weighted by Gasteiger charge is -2.44. The molecule has 9 heteroatoms. The third kappa shape index (κ3) is 2.58. The second-order valence-electron chi connectivity index (χ2n) is 6.10. The topological polar surface area (TPSA) is 113 Å². The van der Waals surface area contributed by atoms with E-state index in [-0.39, 0.29) is 23.5 Å². The van der Waals surface area contributed by atoms with Crippen molar-refractivity contribution in [2.75, 3.05) is 5.75 Å². The molecule has 23 heavy (non-hydrogen) atoms. The summed E-state index contributed by atoms with van der Waals surface area (Å²) >= 11 is 0. The average molecular weight is 343 g/mol. The van der Waals surface area contributed by atoms with E-state index in [4.69, 9.17) is 5.41 Å². The first-order chi connectivity index (χ1) is 10.5. The summed E-state index contributed by atoms with van der Waals surface area (Å²) in [5, 5.41) is 21.7. The fourth-order valence-corrected chi connectivity index (χ4v) is 4.84. The minimum Gasteiger partial charge on any atom is -0.362 e. The minimum atomic E-state index is -3.75. The number of nitrogens with zero attached hydrogens (tertiary/aromatic N) is 1. The molecular formula is C14H18FN3O4S. The van der Waals surface area contributed by atoms with E-state index >= 15 is 0 Å². The van der Waals surface area contributed by atoms with Gasteiger partial charge in [0.1, 0.15) is 16.4 Å². The van der Waals surface area contributed by atoms with Gasteiger partial charge in [0.05, 0.1) is 16.2 Å². The molecule has 1 fully saturated rings. The van der Waals surface area contributed by atoms with E-state index in [0.717, 1.165) is 18.2 Å². The lowest BCUT2D eigenvalue weighted by Crippen LogP contribution is -2.64. The van der Waals surface area contributed by atoms with Gasteiger partial charge in [-0.15, -0.1) is 0 Å². The van der Waals surface area contributed by atoms with Gasteiger partial charge in [-0.1, -0.05) is 6.92 Å². The van der Waals surface area contributed by atoms with Crippen molar-refractivity contribution >= 4 is 21.4 Å². The number of nitrogens with one attached hydrogen (secondary N) is 2. The number of benzene rings is 1. The van der Waals surface area contributed by atoms with Gasteiger partial charge in [0.15, 0.2) is 9.84 Å². The number of amidine groups is 1. The Labute approximate surface area is 133 Å². The maximum atomic E-state index is 14.2. The van der Waals surface area contributed by atoms with Crippen LogP contribution < -0.4 is 5.32 Å². The Morgan fingerprint density at radius 2 is 2.04 bits per heavy atom. The Morgan fingerprint density at radius 3 is 2.52 bits per heavy atom. The fraction of sp³-hybridized carbons (Fsp3) is 0.500. The molecule has 2 rings (SSSR count). The molecule has 1 aromatic rings. The molecule has 126 valence electrons. The summed E-state index contributed by atoms with van der Waals surface area (Å²) < 4.78 is 38.1.